The van der Waals surface area contributed by atoms with Crippen molar-refractivity contribution < 1.29 is 9.53 Å². The van der Waals surface area contributed by atoms with Gasteiger partial charge in [-0.05, 0) is 88.4 Å². The van der Waals surface area contributed by atoms with Crippen LogP contribution in [0.3, 0.4) is 0 Å². The van der Waals surface area contributed by atoms with Crippen LogP contribution >= 0.6 is 11.3 Å². The molecule has 5 rings (SSSR count). The molecule has 0 radical (unpaired) electrons. The van der Waals surface area contributed by atoms with Crippen LogP contribution in [-0.2, 0) is 11.3 Å². The molecule has 2 aliphatic rings. The summed E-state index contributed by atoms with van der Waals surface area (Å²) in [5.41, 5.74) is 2.15. The Morgan fingerprint density at radius 1 is 1.02 bits per heavy atom. The van der Waals surface area contributed by atoms with Crippen molar-refractivity contribution in [2.75, 3.05) is 49.5 Å². The van der Waals surface area contributed by atoms with E-state index in [9.17, 15) is 4.79 Å². The van der Waals surface area contributed by atoms with Crippen LogP contribution in [0.25, 0.3) is 5.13 Å². The molecule has 0 bridgehead atoms. The minimum atomic E-state index is 0.0849. The SMILES string of the molecule is CCOc1ccc(NCc2cccn2-c2nnc(N3CCC(C(=O)NCCCN4CCCC[C@@H]4CC)CC3)s2)cc1. The average Bonchev–Trinajstić information content (AvgIpc) is 3.69. The highest BCUT2D eigenvalue weighted by Crippen LogP contribution is 2.29. The Labute approximate surface area is 248 Å². The second kappa shape index (κ2) is 14.7. The molecule has 41 heavy (non-hydrogen) atoms. The van der Waals surface area contributed by atoms with Gasteiger partial charge in [0.15, 0.2) is 0 Å². The van der Waals surface area contributed by atoms with Crippen LogP contribution in [0.1, 0.15) is 64.5 Å². The molecule has 9 nitrogen and oxygen atoms in total. The zero-order chi connectivity index (χ0) is 28.4. The van der Waals surface area contributed by atoms with Crippen LogP contribution < -0.4 is 20.3 Å². The Balaban J connectivity index is 1.06. The number of hydrogen-bond acceptors (Lipinski definition) is 8. The first kappa shape index (κ1) is 29.4. The third kappa shape index (κ3) is 7.80. The molecule has 2 aromatic heterocycles. The molecule has 10 heteroatoms. The van der Waals surface area contributed by atoms with Gasteiger partial charge in [-0.25, -0.2) is 0 Å². The summed E-state index contributed by atoms with van der Waals surface area (Å²) in [5, 5.41) is 17.5. The Morgan fingerprint density at radius 2 is 1.83 bits per heavy atom. The van der Waals surface area contributed by atoms with Gasteiger partial charge in [-0.1, -0.05) is 24.7 Å². The van der Waals surface area contributed by atoms with Gasteiger partial charge < -0.3 is 25.2 Å². The third-order valence-electron chi connectivity index (χ3n) is 8.36. The first-order chi connectivity index (χ1) is 20.1. The van der Waals surface area contributed by atoms with E-state index in [0.717, 1.165) is 78.9 Å². The van der Waals surface area contributed by atoms with Crippen LogP contribution in [0.15, 0.2) is 42.6 Å². The highest BCUT2D eigenvalue weighted by Gasteiger charge is 2.27. The summed E-state index contributed by atoms with van der Waals surface area (Å²) in [5.74, 6) is 1.17. The molecule has 0 unspecified atom stereocenters. The summed E-state index contributed by atoms with van der Waals surface area (Å²) in [6.07, 6.45) is 10.00. The lowest BCUT2D eigenvalue weighted by Gasteiger charge is -2.35. The quantitative estimate of drug-likeness (QED) is 0.265. The number of likely N-dealkylation sites (tertiary alicyclic amines) is 1. The zero-order valence-electron chi connectivity index (χ0n) is 24.6. The van der Waals surface area contributed by atoms with Crippen LogP contribution in [0.4, 0.5) is 10.8 Å². The number of nitrogens with zero attached hydrogens (tertiary/aromatic N) is 5. The zero-order valence-corrected chi connectivity index (χ0v) is 25.4. The second-order valence-corrected chi connectivity index (χ2v) is 12.0. The molecule has 3 aromatic rings. The van der Waals surface area contributed by atoms with Gasteiger partial charge in [0.25, 0.3) is 0 Å². The van der Waals surface area contributed by atoms with E-state index in [1.165, 1.54) is 32.2 Å². The lowest BCUT2D eigenvalue weighted by atomic mass is 9.96. The minimum Gasteiger partial charge on any atom is -0.494 e. The first-order valence-electron chi connectivity index (χ1n) is 15.4. The number of carbonyl (C=O) groups is 1. The van der Waals surface area contributed by atoms with Gasteiger partial charge in [-0.15, -0.1) is 10.2 Å². The molecular weight excluding hydrogens is 534 g/mol. The monoisotopic (exact) mass is 579 g/mol. The molecule has 2 fully saturated rings. The van der Waals surface area contributed by atoms with Crippen molar-refractivity contribution in [3.8, 4) is 10.9 Å². The van der Waals surface area contributed by atoms with Gasteiger partial charge in [0.05, 0.1) is 13.2 Å². The van der Waals surface area contributed by atoms with Crippen molar-refractivity contribution in [3.05, 3.63) is 48.3 Å². The number of anilines is 2. The fourth-order valence-electron chi connectivity index (χ4n) is 6.00. The number of ether oxygens (including phenoxy) is 1. The van der Waals surface area contributed by atoms with Crippen molar-refractivity contribution in [2.45, 2.75) is 71.4 Å². The summed E-state index contributed by atoms with van der Waals surface area (Å²) < 4.78 is 7.62. The predicted molar refractivity (Wildman–Crippen MR) is 166 cm³/mol. The summed E-state index contributed by atoms with van der Waals surface area (Å²) in [6, 6.07) is 12.9. The van der Waals surface area contributed by atoms with Gasteiger partial charge in [0.1, 0.15) is 5.75 Å². The van der Waals surface area contributed by atoms with E-state index in [0.29, 0.717) is 13.2 Å². The van der Waals surface area contributed by atoms with Gasteiger partial charge in [0.2, 0.25) is 16.2 Å². The van der Waals surface area contributed by atoms with Crippen LogP contribution in [0, 0.1) is 5.92 Å². The van der Waals surface area contributed by atoms with Gasteiger partial charge in [-0.3, -0.25) is 9.36 Å². The molecule has 1 aromatic carbocycles. The molecule has 0 aliphatic carbocycles. The minimum absolute atomic E-state index is 0.0849. The number of hydrogen-bond donors (Lipinski definition) is 2. The van der Waals surface area contributed by atoms with E-state index < -0.39 is 0 Å². The molecule has 2 N–H and O–H groups in total. The molecule has 2 saturated heterocycles. The predicted octanol–water partition coefficient (Wildman–Crippen LogP) is 5.33. The van der Waals surface area contributed by atoms with Crippen molar-refractivity contribution in [2.24, 2.45) is 5.92 Å². The molecule has 4 heterocycles. The number of carbonyl (C=O) groups excluding carboxylic acids is 1. The van der Waals surface area contributed by atoms with Crippen molar-refractivity contribution in [3.63, 3.8) is 0 Å². The summed E-state index contributed by atoms with van der Waals surface area (Å²) >= 11 is 1.60. The van der Waals surface area contributed by atoms with Gasteiger partial charge in [0, 0.05) is 55.7 Å². The van der Waals surface area contributed by atoms with Gasteiger partial charge in [-0.2, -0.15) is 0 Å². The number of nitrogens with one attached hydrogen (secondary N) is 2. The lowest BCUT2D eigenvalue weighted by molar-refractivity contribution is -0.125. The Kier molecular flexibility index (Phi) is 10.5. The van der Waals surface area contributed by atoms with E-state index in [-0.39, 0.29) is 11.8 Å². The van der Waals surface area contributed by atoms with Crippen LogP contribution in [0.2, 0.25) is 0 Å². The Bertz CT molecular complexity index is 1220. The smallest absolute Gasteiger partial charge is 0.223 e. The van der Waals surface area contributed by atoms with Crippen LogP contribution in [0.5, 0.6) is 5.75 Å². The fraction of sp³-hybridized carbons (Fsp3) is 0.581. The summed E-state index contributed by atoms with van der Waals surface area (Å²) in [6.45, 7) is 10.4. The molecule has 2 aliphatic heterocycles. The van der Waals surface area contributed by atoms with E-state index in [4.69, 9.17) is 4.74 Å². The molecule has 1 amide bonds. The first-order valence-corrected chi connectivity index (χ1v) is 16.2. The average molecular weight is 580 g/mol. The fourth-order valence-corrected chi connectivity index (χ4v) is 6.91. The maximum Gasteiger partial charge on any atom is 0.223 e. The maximum atomic E-state index is 12.8. The Hall–Kier alpha value is -3.11. The molecule has 222 valence electrons. The summed E-state index contributed by atoms with van der Waals surface area (Å²) in [7, 11) is 0. The maximum absolute atomic E-state index is 12.8. The number of piperidine rings is 2. The third-order valence-corrected chi connectivity index (χ3v) is 9.34. The van der Waals surface area contributed by atoms with Gasteiger partial charge >= 0.3 is 0 Å². The standard InChI is InChI=1S/C31H45N7O2S/c1-3-26-9-5-6-18-36(26)19-8-17-32-29(39)24-15-21-37(22-16-24)30-34-35-31(41-30)38-20-7-10-27(38)23-33-25-11-13-28(14-12-25)40-4-2/h7,10-14,20,24,26,33H,3-6,8-9,15-19,21-23H2,1-2H3,(H,32,39)/t26-/m0/s1. The highest BCUT2D eigenvalue weighted by atomic mass is 32.1. The van der Waals surface area contributed by atoms with E-state index >= 15 is 0 Å². The van der Waals surface area contributed by atoms with E-state index in [2.05, 4.69) is 48.2 Å². The van der Waals surface area contributed by atoms with Crippen molar-refractivity contribution >= 4 is 28.1 Å². The second-order valence-electron chi connectivity index (χ2n) is 11.0. The number of benzene rings is 1. The van der Waals surface area contributed by atoms with Crippen molar-refractivity contribution in [1.82, 2.24) is 25.0 Å². The molecule has 0 saturated carbocycles. The molecule has 1 atom stereocenters. The largest absolute Gasteiger partial charge is 0.494 e. The Morgan fingerprint density at radius 3 is 2.61 bits per heavy atom. The number of aromatic nitrogens is 3. The normalized spacial score (nSPS) is 18.4. The van der Waals surface area contributed by atoms with E-state index in [1.807, 2.05) is 43.5 Å². The van der Waals surface area contributed by atoms with E-state index in [1.54, 1.807) is 11.3 Å². The topological polar surface area (TPSA) is 87.5 Å². The number of amides is 1. The number of rotatable bonds is 13. The lowest BCUT2D eigenvalue weighted by Crippen LogP contribution is -2.42. The van der Waals surface area contributed by atoms with Crippen molar-refractivity contribution in [1.29, 1.82) is 0 Å². The molecular formula is C31H45N7O2S. The summed E-state index contributed by atoms with van der Waals surface area (Å²) in [4.78, 5) is 17.7. The van der Waals surface area contributed by atoms with Crippen LogP contribution in [-0.4, -0.2) is 70.9 Å². The highest BCUT2D eigenvalue weighted by molar-refractivity contribution is 7.17. The molecule has 0 spiro atoms.